The van der Waals surface area contributed by atoms with Crippen LogP contribution in [0.2, 0.25) is 0 Å². The molecule has 1 aliphatic rings. The van der Waals surface area contributed by atoms with Crippen molar-refractivity contribution in [1.29, 1.82) is 0 Å². The molecule has 0 spiro atoms. The SMILES string of the molecule is NC1(F)C=C(F)N=C(F)C1. The van der Waals surface area contributed by atoms with Crippen LogP contribution in [0.4, 0.5) is 13.2 Å². The van der Waals surface area contributed by atoms with E-state index in [4.69, 9.17) is 5.73 Å². The maximum Gasteiger partial charge on any atom is 0.215 e. The normalized spacial score (nSPS) is 33.2. The van der Waals surface area contributed by atoms with Crippen molar-refractivity contribution in [3.63, 3.8) is 0 Å². The second-order valence-corrected chi connectivity index (χ2v) is 2.06. The zero-order valence-corrected chi connectivity index (χ0v) is 4.94. The number of rotatable bonds is 0. The van der Waals surface area contributed by atoms with Gasteiger partial charge in [0, 0.05) is 6.08 Å². The molecule has 0 saturated heterocycles. The van der Waals surface area contributed by atoms with Crippen molar-refractivity contribution in [2.75, 3.05) is 0 Å². The minimum absolute atomic E-state index is 0.441. The van der Waals surface area contributed by atoms with Crippen LogP contribution in [0, 0.1) is 0 Å². The number of aliphatic imine (C=N–C) groups is 1. The molecule has 0 aromatic carbocycles. The highest BCUT2D eigenvalue weighted by Gasteiger charge is 2.28. The van der Waals surface area contributed by atoms with Gasteiger partial charge < -0.3 is 0 Å². The monoisotopic (exact) mass is 150 g/mol. The van der Waals surface area contributed by atoms with E-state index in [9.17, 15) is 13.2 Å². The number of hydrogen-bond donors (Lipinski definition) is 1. The zero-order valence-electron chi connectivity index (χ0n) is 4.94. The molecule has 0 saturated carbocycles. The first kappa shape index (κ1) is 7.27. The van der Waals surface area contributed by atoms with E-state index < -0.39 is 24.1 Å². The van der Waals surface area contributed by atoms with Gasteiger partial charge in [0.05, 0.1) is 6.42 Å². The number of alkyl halides is 1. The predicted octanol–water partition coefficient (Wildman–Crippen LogP) is 1.19. The zero-order chi connectivity index (χ0) is 7.78. The molecule has 2 N–H and O–H groups in total. The number of hydrogen-bond acceptors (Lipinski definition) is 2. The van der Waals surface area contributed by atoms with Gasteiger partial charge in [-0.25, -0.2) is 4.39 Å². The summed E-state index contributed by atoms with van der Waals surface area (Å²) in [6.07, 6.45) is -0.253. The van der Waals surface area contributed by atoms with Crippen molar-refractivity contribution in [1.82, 2.24) is 0 Å². The fourth-order valence-electron chi connectivity index (χ4n) is 0.660. The molecule has 2 nitrogen and oxygen atoms in total. The Bertz CT molecular complexity index is 207. The van der Waals surface area contributed by atoms with Crippen LogP contribution < -0.4 is 5.73 Å². The molecule has 5 heteroatoms. The summed E-state index contributed by atoms with van der Waals surface area (Å²) < 4.78 is 36.6. The molecule has 56 valence electrons. The van der Waals surface area contributed by atoms with Gasteiger partial charge in [0.1, 0.15) is 0 Å². The maximum atomic E-state index is 12.5. The molecule has 0 aromatic heterocycles. The Kier molecular flexibility index (Phi) is 1.52. The van der Waals surface area contributed by atoms with Crippen molar-refractivity contribution in [3.8, 4) is 0 Å². The van der Waals surface area contributed by atoms with Crippen LogP contribution >= 0.6 is 0 Å². The van der Waals surface area contributed by atoms with Crippen LogP contribution in [0.1, 0.15) is 6.42 Å². The quantitative estimate of drug-likeness (QED) is 0.517. The van der Waals surface area contributed by atoms with Gasteiger partial charge in [-0.3, -0.25) is 5.73 Å². The Labute approximate surface area is 55.2 Å². The first-order chi connectivity index (χ1) is 4.49. The summed E-state index contributed by atoms with van der Waals surface area (Å²) in [6.45, 7) is 0. The molecule has 0 aliphatic carbocycles. The third-order valence-electron chi connectivity index (χ3n) is 1.00. The topological polar surface area (TPSA) is 38.4 Å². The minimum Gasteiger partial charge on any atom is -0.295 e. The molecule has 1 atom stereocenters. The van der Waals surface area contributed by atoms with E-state index in [1.807, 2.05) is 0 Å². The van der Waals surface area contributed by atoms with E-state index in [0.717, 1.165) is 0 Å². The van der Waals surface area contributed by atoms with Gasteiger partial charge in [0.25, 0.3) is 0 Å². The fraction of sp³-hybridized carbons (Fsp3) is 0.400. The lowest BCUT2D eigenvalue weighted by Gasteiger charge is -2.16. The summed E-state index contributed by atoms with van der Waals surface area (Å²) in [5.41, 5.74) is 4.75. The van der Waals surface area contributed by atoms with Crippen molar-refractivity contribution in [3.05, 3.63) is 12.0 Å². The lowest BCUT2D eigenvalue weighted by molar-refractivity contribution is 0.236. The average molecular weight is 150 g/mol. The van der Waals surface area contributed by atoms with E-state index in [2.05, 4.69) is 4.99 Å². The third kappa shape index (κ3) is 1.57. The van der Waals surface area contributed by atoms with E-state index in [0.29, 0.717) is 6.08 Å². The Morgan fingerprint density at radius 3 is 2.60 bits per heavy atom. The highest BCUT2D eigenvalue weighted by atomic mass is 19.2. The molecule has 1 aliphatic heterocycles. The highest BCUT2D eigenvalue weighted by molar-refractivity contribution is 5.78. The summed E-state index contributed by atoms with van der Waals surface area (Å²) in [7, 11) is 0. The number of halogens is 3. The fourth-order valence-corrected chi connectivity index (χ4v) is 0.660. The van der Waals surface area contributed by atoms with Crippen LogP contribution in [0.3, 0.4) is 0 Å². The van der Waals surface area contributed by atoms with Gasteiger partial charge in [-0.2, -0.15) is 13.8 Å². The van der Waals surface area contributed by atoms with Gasteiger partial charge >= 0.3 is 0 Å². The molecule has 0 fully saturated rings. The lowest BCUT2D eigenvalue weighted by Crippen LogP contribution is -2.35. The summed E-state index contributed by atoms with van der Waals surface area (Å²) >= 11 is 0. The van der Waals surface area contributed by atoms with Gasteiger partial charge in [0.2, 0.25) is 5.95 Å². The van der Waals surface area contributed by atoms with Crippen LogP contribution in [-0.4, -0.2) is 11.8 Å². The predicted molar refractivity (Wildman–Crippen MR) is 30.4 cm³/mol. The molecule has 0 bridgehead atoms. The molecule has 1 rings (SSSR count). The third-order valence-corrected chi connectivity index (χ3v) is 1.00. The summed E-state index contributed by atoms with van der Waals surface area (Å²) in [5, 5.41) is 0. The maximum absolute atomic E-state index is 12.5. The second kappa shape index (κ2) is 2.09. The molecule has 0 aromatic rings. The summed E-state index contributed by atoms with van der Waals surface area (Å²) in [6, 6.07) is 0. The van der Waals surface area contributed by atoms with E-state index in [-0.39, 0.29) is 0 Å². The van der Waals surface area contributed by atoms with E-state index >= 15 is 0 Å². The molecular weight excluding hydrogens is 145 g/mol. The average Bonchev–Trinajstić information content (AvgIpc) is 1.54. The Morgan fingerprint density at radius 1 is 1.60 bits per heavy atom. The molecule has 10 heavy (non-hydrogen) atoms. The van der Waals surface area contributed by atoms with Crippen LogP contribution in [0.15, 0.2) is 17.0 Å². The Balaban J connectivity index is 2.88. The van der Waals surface area contributed by atoms with Gasteiger partial charge in [-0.05, 0) is 0 Å². The van der Waals surface area contributed by atoms with Crippen LogP contribution in [-0.2, 0) is 0 Å². The lowest BCUT2D eigenvalue weighted by atomic mass is 10.1. The van der Waals surface area contributed by atoms with Crippen molar-refractivity contribution >= 4 is 5.97 Å². The molecule has 0 radical (unpaired) electrons. The molecular formula is C5H5F3N2. The standard InChI is InChI=1S/C5H5F3N2/c6-3-1-5(8,9)2-4(7)10-3/h1H,2,9H2. The minimum atomic E-state index is -2.42. The summed E-state index contributed by atoms with van der Waals surface area (Å²) in [4.78, 5) is 2.70. The van der Waals surface area contributed by atoms with Crippen molar-refractivity contribution in [2.45, 2.75) is 12.2 Å². The van der Waals surface area contributed by atoms with Crippen molar-refractivity contribution in [2.24, 2.45) is 10.7 Å². The van der Waals surface area contributed by atoms with Crippen molar-refractivity contribution < 1.29 is 13.2 Å². The second-order valence-electron chi connectivity index (χ2n) is 2.06. The largest absolute Gasteiger partial charge is 0.295 e. The summed E-state index contributed by atoms with van der Waals surface area (Å²) in [5.74, 6) is -4.76. The highest BCUT2D eigenvalue weighted by Crippen LogP contribution is 2.21. The van der Waals surface area contributed by atoms with Gasteiger partial charge in [-0.15, -0.1) is 0 Å². The molecule has 0 amide bonds. The Morgan fingerprint density at radius 2 is 2.20 bits per heavy atom. The molecule has 1 unspecified atom stereocenters. The van der Waals surface area contributed by atoms with E-state index in [1.54, 1.807) is 0 Å². The Hall–Kier alpha value is -0.840. The van der Waals surface area contributed by atoms with Crippen LogP contribution in [0.5, 0.6) is 0 Å². The number of nitrogens with two attached hydrogens (primary N) is 1. The molecule has 1 heterocycles. The van der Waals surface area contributed by atoms with Gasteiger partial charge in [0.15, 0.2) is 11.8 Å². The number of nitrogens with zero attached hydrogens (tertiary/aromatic N) is 1. The first-order valence-corrected chi connectivity index (χ1v) is 2.59. The van der Waals surface area contributed by atoms with Gasteiger partial charge in [-0.1, -0.05) is 0 Å². The smallest absolute Gasteiger partial charge is 0.215 e. The van der Waals surface area contributed by atoms with Crippen LogP contribution in [0.25, 0.3) is 0 Å². The van der Waals surface area contributed by atoms with E-state index in [1.165, 1.54) is 0 Å². The first-order valence-electron chi connectivity index (χ1n) is 2.59.